The van der Waals surface area contributed by atoms with Gasteiger partial charge in [-0.15, -0.1) is 0 Å². The van der Waals surface area contributed by atoms with E-state index in [4.69, 9.17) is 9.84 Å². The molecule has 0 heterocycles. The standard InChI is InChI=1S/C23H24F2N2O5/c1-13(23(2,24)25)26-21(30)19(11-20(28)29)27-22(31)32-12-18-16-9-5-3-7-14(16)15-8-4-6-10-17(15)18/h3-10,13,18-19H,11-12H2,1-2H3,(H,26,30)(H,27,31)(H,28,29). The molecule has 2 aromatic rings. The molecule has 2 unspecified atom stereocenters. The average Bonchev–Trinajstić information content (AvgIpc) is 3.04. The van der Waals surface area contributed by atoms with Crippen LogP contribution in [0.4, 0.5) is 13.6 Å². The Bertz CT molecular complexity index is 976. The number of nitrogens with one attached hydrogen (secondary N) is 2. The van der Waals surface area contributed by atoms with Crippen molar-refractivity contribution in [2.45, 2.75) is 44.2 Å². The van der Waals surface area contributed by atoms with E-state index in [1.165, 1.54) is 0 Å². The van der Waals surface area contributed by atoms with E-state index in [-0.39, 0.29) is 12.5 Å². The van der Waals surface area contributed by atoms with Crippen LogP contribution in [-0.4, -0.2) is 47.7 Å². The number of carbonyl (C=O) groups is 3. The fourth-order valence-corrected chi connectivity index (χ4v) is 3.61. The molecule has 0 fully saturated rings. The van der Waals surface area contributed by atoms with Crippen molar-refractivity contribution in [2.75, 3.05) is 6.61 Å². The lowest BCUT2D eigenvalue weighted by Gasteiger charge is -2.24. The normalized spacial score (nSPS) is 14.6. The highest BCUT2D eigenvalue weighted by Crippen LogP contribution is 2.44. The van der Waals surface area contributed by atoms with Crippen molar-refractivity contribution in [3.05, 3.63) is 59.7 Å². The lowest BCUT2D eigenvalue weighted by molar-refractivity contribution is -0.140. The number of amides is 2. The number of carbonyl (C=O) groups excluding carboxylic acids is 2. The number of aliphatic carboxylic acids is 1. The van der Waals surface area contributed by atoms with E-state index in [0.29, 0.717) is 6.92 Å². The lowest BCUT2D eigenvalue weighted by Crippen LogP contribution is -2.53. The molecule has 2 aromatic carbocycles. The molecule has 0 radical (unpaired) electrons. The Hall–Kier alpha value is -3.49. The van der Waals surface area contributed by atoms with Gasteiger partial charge >= 0.3 is 12.1 Å². The number of ether oxygens (including phenoxy) is 1. The van der Waals surface area contributed by atoms with Crippen LogP contribution < -0.4 is 10.6 Å². The Labute approximate surface area is 183 Å². The van der Waals surface area contributed by atoms with Gasteiger partial charge in [0.15, 0.2) is 0 Å². The molecule has 0 saturated carbocycles. The second-order valence-corrected chi connectivity index (χ2v) is 7.81. The molecule has 0 bridgehead atoms. The SMILES string of the molecule is CC(NC(=O)C(CC(=O)O)NC(=O)OCC1c2ccccc2-c2ccccc21)C(C)(F)F. The Kier molecular flexibility index (Phi) is 6.76. The van der Waals surface area contributed by atoms with Gasteiger partial charge in [0.1, 0.15) is 12.6 Å². The molecule has 9 heteroatoms. The number of carboxylic acid groups (broad SMARTS) is 1. The van der Waals surface area contributed by atoms with E-state index in [9.17, 15) is 23.2 Å². The highest BCUT2D eigenvalue weighted by molar-refractivity contribution is 5.89. The highest BCUT2D eigenvalue weighted by atomic mass is 19.3. The van der Waals surface area contributed by atoms with Gasteiger partial charge in [0, 0.05) is 12.8 Å². The monoisotopic (exact) mass is 446 g/mol. The summed E-state index contributed by atoms with van der Waals surface area (Å²) in [6.45, 7) is 1.68. The Balaban J connectivity index is 1.67. The first-order valence-electron chi connectivity index (χ1n) is 10.1. The third-order valence-electron chi connectivity index (χ3n) is 5.45. The number of alkyl halides is 2. The van der Waals surface area contributed by atoms with Crippen LogP contribution >= 0.6 is 0 Å². The number of halogens is 2. The predicted octanol–water partition coefficient (Wildman–Crippen LogP) is 3.53. The van der Waals surface area contributed by atoms with Crippen LogP contribution in [0.15, 0.2) is 48.5 Å². The second kappa shape index (κ2) is 9.33. The minimum atomic E-state index is -3.22. The summed E-state index contributed by atoms with van der Waals surface area (Å²) in [6.07, 6.45) is -1.79. The highest BCUT2D eigenvalue weighted by Gasteiger charge is 2.35. The van der Waals surface area contributed by atoms with Crippen LogP contribution in [0.25, 0.3) is 11.1 Å². The quantitative estimate of drug-likeness (QED) is 0.576. The molecule has 3 N–H and O–H groups in total. The molecular formula is C23H24F2N2O5. The summed E-state index contributed by atoms with van der Waals surface area (Å²) in [7, 11) is 0. The van der Waals surface area contributed by atoms with Crippen molar-refractivity contribution in [1.82, 2.24) is 10.6 Å². The molecule has 1 aliphatic rings. The van der Waals surface area contributed by atoms with Crippen LogP contribution in [0.2, 0.25) is 0 Å². The minimum absolute atomic E-state index is 0.0370. The van der Waals surface area contributed by atoms with Crippen LogP contribution in [-0.2, 0) is 14.3 Å². The van der Waals surface area contributed by atoms with Crippen molar-refractivity contribution >= 4 is 18.0 Å². The molecule has 2 atom stereocenters. The maximum Gasteiger partial charge on any atom is 0.407 e. The zero-order chi connectivity index (χ0) is 23.5. The summed E-state index contributed by atoms with van der Waals surface area (Å²) in [4.78, 5) is 35.7. The molecule has 0 aromatic heterocycles. The fraction of sp³-hybridized carbons (Fsp3) is 0.348. The van der Waals surface area contributed by atoms with Gasteiger partial charge in [-0.05, 0) is 29.2 Å². The van der Waals surface area contributed by atoms with E-state index < -0.39 is 42.4 Å². The first kappa shape index (κ1) is 23.2. The van der Waals surface area contributed by atoms with Crippen molar-refractivity contribution in [3.63, 3.8) is 0 Å². The van der Waals surface area contributed by atoms with Crippen molar-refractivity contribution in [2.24, 2.45) is 0 Å². The maximum absolute atomic E-state index is 13.4. The van der Waals surface area contributed by atoms with Crippen LogP contribution in [0.5, 0.6) is 0 Å². The summed E-state index contributed by atoms with van der Waals surface area (Å²) < 4.78 is 32.0. The molecule has 0 saturated heterocycles. The largest absolute Gasteiger partial charge is 0.481 e. The zero-order valence-electron chi connectivity index (χ0n) is 17.6. The van der Waals surface area contributed by atoms with Gasteiger partial charge in [0.25, 0.3) is 5.92 Å². The Morgan fingerprint density at radius 2 is 1.56 bits per heavy atom. The molecular weight excluding hydrogens is 422 g/mol. The van der Waals surface area contributed by atoms with Crippen molar-refractivity contribution in [1.29, 1.82) is 0 Å². The third kappa shape index (κ3) is 5.22. The molecule has 32 heavy (non-hydrogen) atoms. The number of hydrogen-bond donors (Lipinski definition) is 3. The van der Waals surface area contributed by atoms with E-state index in [1.807, 2.05) is 53.8 Å². The number of hydrogen-bond acceptors (Lipinski definition) is 4. The van der Waals surface area contributed by atoms with Gasteiger partial charge in [-0.2, -0.15) is 0 Å². The molecule has 0 spiro atoms. The second-order valence-electron chi connectivity index (χ2n) is 7.81. The fourth-order valence-electron chi connectivity index (χ4n) is 3.61. The number of fused-ring (bicyclic) bond motifs is 3. The molecule has 7 nitrogen and oxygen atoms in total. The topological polar surface area (TPSA) is 105 Å². The summed E-state index contributed by atoms with van der Waals surface area (Å²) in [5.74, 6) is -5.85. The number of benzene rings is 2. The first-order chi connectivity index (χ1) is 15.1. The van der Waals surface area contributed by atoms with Gasteiger partial charge in [0.05, 0.1) is 12.5 Å². The summed E-state index contributed by atoms with van der Waals surface area (Å²) in [5.41, 5.74) is 4.05. The number of carboxylic acids is 1. The van der Waals surface area contributed by atoms with Gasteiger partial charge < -0.3 is 20.5 Å². The third-order valence-corrected chi connectivity index (χ3v) is 5.45. The summed E-state index contributed by atoms with van der Waals surface area (Å²) in [6, 6.07) is 12.3. The van der Waals surface area contributed by atoms with Crippen molar-refractivity contribution < 1.29 is 33.0 Å². The van der Waals surface area contributed by atoms with Gasteiger partial charge in [-0.25, -0.2) is 13.6 Å². The minimum Gasteiger partial charge on any atom is -0.481 e. The summed E-state index contributed by atoms with van der Waals surface area (Å²) >= 11 is 0. The van der Waals surface area contributed by atoms with Crippen molar-refractivity contribution in [3.8, 4) is 11.1 Å². The Morgan fingerprint density at radius 1 is 1.03 bits per heavy atom. The Morgan fingerprint density at radius 3 is 2.06 bits per heavy atom. The van der Waals surface area contributed by atoms with E-state index in [0.717, 1.165) is 29.2 Å². The maximum atomic E-state index is 13.4. The number of alkyl carbamates (subject to hydrolysis) is 1. The lowest BCUT2D eigenvalue weighted by atomic mass is 9.98. The van der Waals surface area contributed by atoms with Gasteiger partial charge in [0.2, 0.25) is 5.91 Å². The van der Waals surface area contributed by atoms with Crippen LogP contribution in [0.3, 0.4) is 0 Å². The molecule has 0 aliphatic heterocycles. The number of rotatable bonds is 8. The van der Waals surface area contributed by atoms with Crippen LogP contribution in [0, 0.1) is 0 Å². The average molecular weight is 446 g/mol. The van der Waals surface area contributed by atoms with Crippen LogP contribution in [0.1, 0.15) is 37.3 Å². The molecule has 3 rings (SSSR count). The first-order valence-corrected chi connectivity index (χ1v) is 10.1. The molecule has 2 amide bonds. The molecule has 170 valence electrons. The van der Waals surface area contributed by atoms with E-state index in [2.05, 4.69) is 5.32 Å². The summed E-state index contributed by atoms with van der Waals surface area (Å²) in [5, 5.41) is 13.2. The zero-order valence-corrected chi connectivity index (χ0v) is 17.6. The van der Waals surface area contributed by atoms with Gasteiger partial charge in [-0.1, -0.05) is 48.5 Å². The van der Waals surface area contributed by atoms with E-state index in [1.54, 1.807) is 0 Å². The molecule has 1 aliphatic carbocycles. The van der Waals surface area contributed by atoms with E-state index >= 15 is 0 Å². The smallest absolute Gasteiger partial charge is 0.407 e. The van der Waals surface area contributed by atoms with Gasteiger partial charge in [-0.3, -0.25) is 9.59 Å². The predicted molar refractivity (Wildman–Crippen MR) is 112 cm³/mol.